The number of imidazole rings is 1. The number of hydrogen-bond donors (Lipinski definition) is 1. The topological polar surface area (TPSA) is 55.6 Å². The van der Waals surface area contributed by atoms with Gasteiger partial charge in [0.1, 0.15) is 0 Å². The number of thiazole rings is 1. The maximum Gasteiger partial charge on any atom is 0.306 e. The van der Waals surface area contributed by atoms with Crippen molar-refractivity contribution < 1.29 is 9.53 Å². The Hall–Kier alpha value is -1.40. The number of esters is 1. The van der Waals surface area contributed by atoms with Crippen molar-refractivity contribution >= 4 is 22.3 Å². The van der Waals surface area contributed by atoms with Crippen molar-refractivity contribution in [2.75, 3.05) is 13.7 Å². The van der Waals surface area contributed by atoms with E-state index in [2.05, 4.69) is 32.6 Å². The van der Waals surface area contributed by atoms with Crippen LogP contribution in [-0.2, 0) is 16.1 Å². The molecule has 0 aliphatic rings. The van der Waals surface area contributed by atoms with E-state index in [0.29, 0.717) is 19.5 Å². The second-order valence-electron chi connectivity index (χ2n) is 4.14. The predicted molar refractivity (Wildman–Crippen MR) is 70.9 cm³/mol. The molecule has 6 heteroatoms. The molecule has 2 rings (SSSR count). The number of ether oxygens (including phenoxy) is 1. The lowest BCUT2D eigenvalue weighted by atomic mass is 10.3. The van der Waals surface area contributed by atoms with Crippen LogP contribution in [0.25, 0.3) is 4.96 Å². The summed E-state index contributed by atoms with van der Waals surface area (Å²) in [5.41, 5.74) is 2.19. The number of nitrogens with zero attached hydrogens (tertiary/aromatic N) is 2. The second-order valence-corrected chi connectivity index (χ2v) is 5.35. The fraction of sp³-hybridized carbons (Fsp3) is 0.500. The third kappa shape index (κ3) is 2.70. The van der Waals surface area contributed by atoms with E-state index in [9.17, 15) is 4.79 Å². The van der Waals surface area contributed by atoms with Crippen LogP contribution in [0.2, 0.25) is 0 Å². The number of aryl methyl sites for hydroxylation is 2. The Morgan fingerprint density at radius 2 is 2.33 bits per heavy atom. The molecule has 0 spiro atoms. The molecule has 0 saturated heterocycles. The molecule has 2 aromatic heterocycles. The first kappa shape index (κ1) is 13.0. The maximum absolute atomic E-state index is 11.0. The summed E-state index contributed by atoms with van der Waals surface area (Å²) in [6.45, 7) is 5.40. The van der Waals surface area contributed by atoms with Crippen LogP contribution in [0.3, 0.4) is 0 Å². The lowest BCUT2D eigenvalue weighted by Crippen LogP contribution is -2.19. The molecule has 18 heavy (non-hydrogen) atoms. The lowest BCUT2D eigenvalue weighted by Gasteiger charge is -2.04. The monoisotopic (exact) mass is 267 g/mol. The Kier molecular flexibility index (Phi) is 3.98. The van der Waals surface area contributed by atoms with E-state index in [1.807, 2.05) is 6.92 Å². The van der Waals surface area contributed by atoms with Gasteiger partial charge < -0.3 is 10.1 Å². The molecule has 0 radical (unpaired) electrons. The minimum absolute atomic E-state index is 0.191. The van der Waals surface area contributed by atoms with Crippen LogP contribution in [0.1, 0.15) is 22.7 Å². The number of rotatable bonds is 5. The zero-order valence-electron chi connectivity index (χ0n) is 10.8. The molecule has 5 nitrogen and oxygen atoms in total. The van der Waals surface area contributed by atoms with Gasteiger partial charge in [0.25, 0.3) is 0 Å². The van der Waals surface area contributed by atoms with Gasteiger partial charge >= 0.3 is 5.97 Å². The van der Waals surface area contributed by atoms with Gasteiger partial charge in [0.2, 0.25) is 0 Å². The van der Waals surface area contributed by atoms with Crippen LogP contribution in [0.5, 0.6) is 0 Å². The van der Waals surface area contributed by atoms with Gasteiger partial charge in [-0.25, -0.2) is 4.98 Å². The molecule has 98 valence electrons. The largest absolute Gasteiger partial charge is 0.469 e. The first-order valence-electron chi connectivity index (χ1n) is 5.83. The zero-order valence-corrected chi connectivity index (χ0v) is 11.6. The van der Waals surface area contributed by atoms with Crippen molar-refractivity contribution in [3.05, 3.63) is 22.5 Å². The number of fused-ring (bicyclic) bond motifs is 1. The first-order chi connectivity index (χ1) is 8.61. The van der Waals surface area contributed by atoms with E-state index < -0.39 is 0 Å². The van der Waals surface area contributed by atoms with Gasteiger partial charge in [0.05, 0.1) is 24.9 Å². The van der Waals surface area contributed by atoms with Crippen LogP contribution >= 0.6 is 11.3 Å². The molecule has 0 aliphatic heterocycles. The summed E-state index contributed by atoms with van der Waals surface area (Å²) >= 11 is 1.68. The number of nitrogens with one attached hydrogen (secondary N) is 1. The second kappa shape index (κ2) is 5.49. The summed E-state index contributed by atoms with van der Waals surface area (Å²) in [4.78, 5) is 17.8. The van der Waals surface area contributed by atoms with Crippen molar-refractivity contribution in [3.63, 3.8) is 0 Å². The van der Waals surface area contributed by atoms with Crippen molar-refractivity contribution in [2.45, 2.75) is 26.8 Å². The van der Waals surface area contributed by atoms with E-state index in [0.717, 1.165) is 16.3 Å². The SMILES string of the molecule is COC(=O)CCNCc1c(C)nc2sc(C)cn12. The van der Waals surface area contributed by atoms with Gasteiger partial charge in [-0.05, 0) is 13.8 Å². The highest BCUT2D eigenvalue weighted by atomic mass is 32.1. The number of carbonyl (C=O) groups is 1. The molecule has 0 bridgehead atoms. The fourth-order valence-corrected chi connectivity index (χ4v) is 2.71. The van der Waals surface area contributed by atoms with Gasteiger partial charge in [-0.2, -0.15) is 0 Å². The smallest absolute Gasteiger partial charge is 0.306 e. The molecule has 0 unspecified atom stereocenters. The number of aromatic nitrogens is 2. The minimum atomic E-state index is -0.191. The summed E-state index contributed by atoms with van der Waals surface area (Å²) in [5.74, 6) is -0.191. The third-order valence-corrected chi connectivity index (χ3v) is 3.67. The summed E-state index contributed by atoms with van der Waals surface area (Å²) in [6, 6.07) is 0. The van der Waals surface area contributed by atoms with Crippen molar-refractivity contribution in [1.29, 1.82) is 0 Å². The van der Waals surface area contributed by atoms with E-state index in [1.54, 1.807) is 11.3 Å². The van der Waals surface area contributed by atoms with E-state index in [-0.39, 0.29) is 5.97 Å². The average molecular weight is 267 g/mol. The van der Waals surface area contributed by atoms with E-state index in [4.69, 9.17) is 0 Å². The number of hydrogen-bond acceptors (Lipinski definition) is 5. The number of methoxy groups -OCH3 is 1. The maximum atomic E-state index is 11.0. The summed E-state index contributed by atoms with van der Waals surface area (Å²) in [5, 5.41) is 3.24. The van der Waals surface area contributed by atoms with Crippen molar-refractivity contribution in [2.24, 2.45) is 0 Å². The van der Waals surface area contributed by atoms with E-state index in [1.165, 1.54) is 12.0 Å². The summed E-state index contributed by atoms with van der Waals surface area (Å²) in [7, 11) is 1.40. The molecular weight excluding hydrogens is 250 g/mol. The Labute approximate surface area is 110 Å². The molecule has 2 aromatic rings. The molecular formula is C12H17N3O2S. The van der Waals surface area contributed by atoms with Gasteiger partial charge in [-0.15, -0.1) is 11.3 Å². The first-order valence-corrected chi connectivity index (χ1v) is 6.65. The Bertz CT molecular complexity index is 559. The standard InChI is InChI=1S/C12H17N3O2S/c1-8-7-15-10(9(2)14-12(15)18-8)6-13-5-4-11(16)17-3/h7,13H,4-6H2,1-3H3. The van der Waals surface area contributed by atoms with Crippen molar-refractivity contribution in [3.8, 4) is 0 Å². The summed E-state index contributed by atoms with van der Waals surface area (Å²) < 4.78 is 6.70. The van der Waals surface area contributed by atoms with Gasteiger partial charge in [-0.1, -0.05) is 0 Å². The normalized spacial score (nSPS) is 11.1. The van der Waals surface area contributed by atoms with Crippen molar-refractivity contribution in [1.82, 2.24) is 14.7 Å². The molecule has 1 N–H and O–H groups in total. The minimum Gasteiger partial charge on any atom is -0.469 e. The predicted octanol–water partition coefficient (Wildman–Crippen LogP) is 1.67. The Morgan fingerprint density at radius 1 is 1.56 bits per heavy atom. The molecule has 0 amide bonds. The molecule has 0 aromatic carbocycles. The highest BCUT2D eigenvalue weighted by Gasteiger charge is 2.10. The summed E-state index contributed by atoms with van der Waals surface area (Å²) in [6.07, 6.45) is 2.48. The lowest BCUT2D eigenvalue weighted by molar-refractivity contribution is -0.140. The average Bonchev–Trinajstić information content (AvgIpc) is 2.81. The highest BCUT2D eigenvalue weighted by Crippen LogP contribution is 2.20. The highest BCUT2D eigenvalue weighted by molar-refractivity contribution is 7.17. The van der Waals surface area contributed by atoms with Crippen LogP contribution in [0, 0.1) is 13.8 Å². The molecule has 0 fully saturated rings. The Balaban J connectivity index is 1.98. The molecule has 0 saturated carbocycles. The van der Waals surface area contributed by atoms with Crippen LogP contribution in [0.15, 0.2) is 6.20 Å². The van der Waals surface area contributed by atoms with Gasteiger partial charge in [-0.3, -0.25) is 9.20 Å². The van der Waals surface area contributed by atoms with E-state index >= 15 is 0 Å². The molecule has 0 atom stereocenters. The van der Waals surface area contributed by atoms with Crippen LogP contribution in [-0.4, -0.2) is 29.0 Å². The number of carbonyl (C=O) groups excluding carboxylic acids is 1. The molecule has 0 aliphatic carbocycles. The Morgan fingerprint density at radius 3 is 3.06 bits per heavy atom. The zero-order chi connectivity index (χ0) is 13.1. The van der Waals surface area contributed by atoms with Crippen LogP contribution in [0.4, 0.5) is 0 Å². The van der Waals surface area contributed by atoms with Gasteiger partial charge in [0.15, 0.2) is 4.96 Å². The molecule has 2 heterocycles. The quantitative estimate of drug-likeness (QED) is 0.661. The fourth-order valence-electron chi connectivity index (χ4n) is 1.82. The van der Waals surface area contributed by atoms with Crippen LogP contribution < -0.4 is 5.32 Å². The van der Waals surface area contributed by atoms with Gasteiger partial charge in [0, 0.05) is 24.2 Å². The third-order valence-electron chi connectivity index (χ3n) is 2.77.